The molecule has 0 aromatic carbocycles. The predicted molar refractivity (Wildman–Crippen MR) is 83.7 cm³/mol. The summed E-state index contributed by atoms with van der Waals surface area (Å²) >= 11 is 0. The molecule has 2 aromatic heterocycles. The molecule has 122 valence electrons. The van der Waals surface area contributed by atoms with E-state index in [1.54, 1.807) is 20.8 Å². The molecule has 1 unspecified atom stereocenters. The van der Waals surface area contributed by atoms with Crippen molar-refractivity contribution in [1.29, 1.82) is 5.26 Å². The summed E-state index contributed by atoms with van der Waals surface area (Å²) in [5, 5.41) is 15.8. The molecule has 7 heteroatoms. The molecule has 2 heterocycles. The van der Waals surface area contributed by atoms with Gasteiger partial charge in [0.05, 0.1) is 11.7 Å². The van der Waals surface area contributed by atoms with E-state index in [-0.39, 0.29) is 11.8 Å². The average Bonchev–Trinajstić information content (AvgIpc) is 3.02. The minimum Gasteiger partial charge on any atom is -0.444 e. The van der Waals surface area contributed by atoms with Crippen molar-refractivity contribution in [2.75, 3.05) is 12.4 Å². The van der Waals surface area contributed by atoms with Crippen LogP contribution < -0.4 is 5.32 Å². The number of likely N-dealkylation sites (N-methyl/N-ethyl adjacent to an activating group) is 1. The van der Waals surface area contributed by atoms with Gasteiger partial charge < -0.3 is 8.94 Å². The Balaban J connectivity index is 2.05. The molecule has 0 aliphatic carbocycles. The monoisotopic (exact) mass is 316 g/mol. The molecule has 0 saturated carbocycles. The normalized spacial score (nSPS) is 12.2. The number of nitrogens with one attached hydrogen (secondary N) is 1. The van der Waals surface area contributed by atoms with Crippen LogP contribution in [0.25, 0.3) is 0 Å². The third-order valence-electron chi connectivity index (χ3n) is 3.86. The Morgan fingerprint density at radius 2 is 2.17 bits per heavy atom. The van der Waals surface area contributed by atoms with Crippen molar-refractivity contribution in [3.63, 3.8) is 0 Å². The Morgan fingerprint density at radius 1 is 1.48 bits per heavy atom. The number of carbonyl (C=O) groups is 1. The van der Waals surface area contributed by atoms with Crippen molar-refractivity contribution in [2.45, 2.75) is 40.3 Å². The SMILES string of the molecule is Cc1cc(CN(C)C(C)C(=O)Nc2oc(C)c(C)c2C#N)no1. The number of hydrogen-bond acceptors (Lipinski definition) is 6. The molecule has 0 radical (unpaired) electrons. The number of carbonyl (C=O) groups excluding carboxylic acids is 1. The molecule has 0 aliphatic heterocycles. The molecule has 2 aromatic rings. The fourth-order valence-corrected chi connectivity index (χ4v) is 2.15. The van der Waals surface area contributed by atoms with E-state index in [9.17, 15) is 10.1 Å². The van der Waals surface area contributed by atoms with Crippen LogP contribution in [0.5, 0.6) is 0 Å². The van der Waals surface area contributed by atoms with E-state index in [2.05, 4.69) is 16.5 Å². The van der Waals surface area contributed by atoms with Crippen LogP contribution in [0.2, 0.25) is 0 Å². The number of furan rings is 1. The molecule has 1 atom stereocenters. The second-order valence-electron chi connectivity index (χ2n) is 5.61. The van der Waals surface area contributed by atoms with Crippen LogP contribution in [-0.2, 0) is 11.3 Å². The van der Waals surface area contributed by atoms with Crippen LogP contribution in [0.4, 0.5) is 5.88 Å². The third-order valence-corrected chi connectivity index (χ3v) is 3.86. The van der Waals surface area contributed by atoms with Crippen molar-refractivity contribution in [3.8, 4) is 6.07 Å². The number of nitriles is 1. The Hall–Kier alpha value is -2.59. The van der Waals surface area contributed by atoms with Crippen LogP contribution >= 0.6 is 0 Å². The first-order valence-corrected chi connectivity index (χ1v) is 7.26. The lowest BCUT2D eigenvalue weighted by Crippen LogP contribution is -2.39. The lowest BCUT2D eigenvalue weighted by molar-refractivity contribution is -0.120. The number of nitrogens with zero attached hydrogens (tertiary/aromatic N) is 3. The van der Waals surface area contributed by atoms with Gasteiger partial charge in [-0.1, -0.05) is 5.16 Å². The number of anilines is 1. The Morgan fingerprint density at radius 3 is 2.74 bits per heavy atom. The summed E-state index contributed by atoms with van der Waals surface area (Å²) < 4.78 is 10.5. The molecule has 0 fully saturated rings. The van der Waals surface area contributed by atoms with Gasteiger partial charge >= 0.3 is 0 Å². The van der Waals surface area contributed by atoms with E-state index in [4.69, 9.17) is 8.94 Å². The maximum absolute atomic E-state index is 12.4. The highest BCUT2D eigenvalue weighted by Crippen LogP contribution is 2.25. The van der Waals surface area contributed by atoms with E-state index in [1.807, 2.05) is 24.9 Å². The molecule has 23 heavy (non-hydrogen) atoms. The molecule has 0 saturated heterocycles. The first-order valence-electron chi connectivity index (χ1n) is 7.26. The standard InChI is InChI=1S/C16H20N4O3/c1-9-6-13(19-23-9)8-20(5)11(3)15(21)18-16-14(7-17)10(2)12(4)22-16/h6,11H,8H2,1-5H3,(H,18,21). The van der Waals surface area contributed by atoms with Crippen molar-refractivity contribution < 1.29 is 13.7 Å². The zero-order valence-electron chi connectivity index (χ0n) is 13.9. The number of hydrogen-bond donors (Lipinski definition) is 1. The van der Waals surface area contributed by atoms with Crippen molar-refractivity contribution in [1.82, 2.24) is 10.1 Å². The number of aryl methyl sites for hydroxylation is 2. The number of aromatic nitrogens is 1. The second-order valence-corrected chi connectivity index (χ2v) is 5.61. The maximum Gasteiger partial charge on any atom is 0.243 e. The van der Waals surface area contributed by atoms with Crippen molar-refractivity contribution >= 4 is 11.8 Å². The van der Waals surface area contributed by atoms with E-state index < -0.39 is 6.04 Å². The van der Waals surface area contributed by atoms with Crippen LogP contribution in [0.15, 0.2) is 15.0 Å². The highest BCUT2D eigenvalue weighted by molar-refractivity contribution is 5.94. The summed E-state index contributed by atoms with van der Waals surface area (Å²) in [7, 11) is 1.82. The number of rotatable bonds is 5. The van der Waals surface area contributed by atoms with Gasteiger partial charge in [-0.25, -0.2) is 0 Å². The van der Waals surface area contributed by atoms with E-state index in [1.165, 1.54) is 0 Å². The Bertz CT molecular complexity index is 754. The highest BCUT2D eigenvalue weighted by atomic mass is 16.5. The molecule has 7 nitrogen and oxygen atoms in total. The largest absolute Gasteiger partial charge is 0.444 e. The molecule has 1 N–H and O–H groups in total. The minimum atomic E-state index is -0.427. The van der Waals surface area contributed by atoms with Gasteiger partial charge in [-0.15, -0.1) is 0 Å². The summed E-state index contributed by atoms with van der Waals surface area (Å²) in [6.45, 7) is 7.62. The summed E-state index contributed by atoms with van der Waals surface area (Å²) in [6.07, 6.45) is 0. The molecular weight excluding hydrogens is 296 g/mol. The van der Waals surface area contributed by atoms with Gasteiger partial charge in [-0.05, 0) is 34.7 Å². The lowest BCUT2D eigenvalue weighted by atomic mass is 10.2. The van der Waals surface area contributed by atoms with E-state index in [0.29, 0.717) is 17.9 Å². The molecular formula is C16H20N4O3. The Labute approximate surface area is 134 Å². The zero-order chi connectivity index (χ0) is 17.1. The fourth-order valence-electron chi connectivity index (χ4n) is 2.15. The van der Waals surface area contributed by atoms with Gasteiger partial charge in [0, 0.05) is 18.2 Å². The van der Waals surface area contributed by atoms with Gasteiger partial charge in [-0.3, -0.25) is 15.0 Å². The first kappa shape index (κ1) is 16.8. The quantitative estimate of drug-likeness (QED) is 0.910. The minimum absolute atomic E-state index is 0.199. The third kappa shape index (κ3) is 3.60. The van der Waals surface area contributed by atoms with Gasteiger partial charge in [0.2, 0.25) is 11.8 Å². The van der Waals surface area contributed by atoms with Crippen LogP contribution in [0.1, 0.15) is 35.3 Å². The first-order chi connectivity index (χ1) is 10.8. The van der Waals surface area contributed by atoms with E-state index >= 15 is 0 Å². The molecule has 0 spiro atoms. The van der Waals surface area contributed by atoms with Crippen LogP contribution in [0, 0.1) is 32.1 Å². The smallest absolute Gasteiger partial charge is 0.243 e. The second kappa shape index (κ2) is 6.67. The predicted octanol–water partition coefficient (Wildman–Crippen LogP) is 2.52. The molecule has 2 rings (SSSR count). The van der Waals surface area contributed by atoms with Crippen molar-refractivity contribution in [3.05, 3.63) is 34.4 Å². The van der Waals surface area contributed by atoms with Crippen molar-refractivity contribution in [2.24, 2.45) is 0 Å². The van der Waals surface area contributed by atoms with Crippen LogP contribution in [0.3, 0.4) is 0 Å². The summed E-state index contributed by atoms with van der Waals surface area (Å²) in [4.78, 5) is 14.2. The van der Waals surface area contributed by atoms with E-state index in [0.717, 1.165) is 17.0 Å². The van der Waals surface area contributed by atoms with Gasteiger partial charge in [0.1, 0.15) is 23.2 Å². The maximum atomic E-state index is 12.4. The van der Waals surface area contributed by atoms with Gasteiger partial charge in [0.15, 0.2) is 0 Å². The Kier molecular flexibility index (Phi) is 4.86. The topological polar surface area (TPSA) is 95.3 Å². The molecule has 0 bridgehead atoms. The summed E-state index contributed by atoms with van der Waals surface area (Å²) in [5.74, 6) is 1.30. The highest BCUT2D eigenvalue weighted by Gasteiger charge is 2.23. The van der Waals surface area contributed by atoms with Crippen LogP contribution in [-0.4, -0.2) is 29.1 Å². The summed E-state index contributed by atoms with van der Waals surface area (Å²) in [6, 6.07) is 3.46. The van der Waals surface area contributed by atoms with Gasteiger partial charge in [0.25, 0.3) is 0 Å². The lowest BCUT2D eigenvalue weighted by Gasteiger charge is -2.22. The molecule has 0 aliphatic rings. The number of amides is 1. The summed E-state index contributed by atoms with van der Waals surface area (Å²) in [5.41, 5.74) is 1.85. The average molecular weight is 316 g/mol. The van der Waals surface area contributed by atoms with Gasteiger partial charge in [-0.2, -0.15) is 5.26 Å². The molecule has 1 amide bonds. The fraction of sp³-hybridized carbons (Fsp3) is 0.438. The zero-order valence-corrected chi connectivity index (χ0v) is 13.9.